The summed E-state index contributed by atoms with van der Waals surface area (Å²) in [5, 5.41) is 7.53. The number of hydrogen-bond donors (Lipinski definition) is 2. The Morgan fingerprint density at radius 1 is 1.21 bits per heavy atom. The van der Waals surface area contributed by atoms with Crippen LogP contribution in [0.1, 0.15) is 6.42 Å². The van der Waals surface area contributed by atoms with E-state index in [4.69, 9.17) is 26.1 Å². The number of aryl methyl sites for hydroxylation is 1. The van der Waals surface area contributed by atoms with Gasteiger partial charge in [-0.15, -0.1) is 0 Å². The summed E-state index contributed by atoms with van der Waals surface area (Å²) >= 11 is 6.55. The van der Waals surface area contributed by atoms with Crippen molar-refractivity contribution in [3.63, 3.8) is 0 Å². The average Bonchev–Trinajstić information content (AvgIpc) is 3.48. The molecule has 0 aliphatic carbocycles. The number of amides is 1. The van der Waals surface area contributed by atoms with Crippen molar-refractivity contribution in [1.29, 1.82) is 0 Å². The monoisotopic (exact) mass is 532 g/mol. The van der Waals surface area contributed by atoms with E-state index in [0.717, 1.165) is 36.0 Å². The van der Waals surface area contributed by atoms with Gasteiger partial charge in [0.05, 0.1) is 35.4 Å². The molecule has 2 aromatic heterocycles. The van der Waals surface area contributed by atoms with E-state index in [9.17, 15) is 4.79 Å². The van der Waals surface area contributed by atoms with Gasteiger partial charge in [-0.05, 0) is 31.7 Å². The van der Waals surface area contributed by atoms with E-state index in [1.165, 1.54) is 6.08 Å². The molecule has 1 amide bonds. The predicted molar refractivity (Wildman–Crippen MR) is 151 cm³/mol. The zero-order chi connectivity index (χ0) is 26.8. The number of carbonyl (C=O) groups excluding carboxylic acids is 1. The molecule has 0 saturated carbocycles. The number of hydrogen-bond acceptors (Lipinski definition) is 7. The third-order valence-electron chi connectivity index (χ3n) is 6.53. The van der Waals surface area contributed by atoms with Gasteiger partial charge in [-0.2, -0.15) is 0 Å². The number of benzene rings is 2. The van der Waals surface area contributed by atoms with Crippen molar-refractivity contribution in [2.45, 2.75) is 12.5 Å². The predicted octanol–water partition coefficient (Wildman–Crippen LogP) is 5.25. The maximum atomic E-state index is 12.2. The van der Waals surface area contributed by atoms with Crippen molar-refractivity contribution in [2.24, 2.45) is 7.05 Å². The Morgan fingerprint density at radius 3 is 2.76 bits per heavy atom. The molecule has 3 heterocycles. The highest BCUT2D eigenvalue weighted by Gasteiger charge is 2.24. The van der Waals surface area contributed by atoms with Crippen molar-refractivity contribution in [3.8, 4) is 22.8 Å². The van der Waals surface area contributed by atoms with Gasteiger partial charge in [-0.1, -0.05) is 36.4 Å². The zero-order valence-electron chi connectivity index (χ0n) is 21.5. The number of halogens is 1. The van der Waals surface area contributed by atoms with E-state index in [0.29, 0.717) is 39.5 Å². The minimum absolute atomic E-state index is 0.00532. The second kappa shape index (κ2) is 10.7. The molecule has 1 fully saturated rings. The first kappa shape index (κ1) is 25.6. The standard InChI is InChI=1S/C28H29ClN6O3/c1-5-26(36)31-22-12-21(24(37-4)13-25(22)38-17-10-11-34(2)15-17)32-28-30-14-20(29)27(33-28)19-16-35(3)23-9-7-6-8-18(19)23/h5-9,12-14,16-17H,1,10-11,15H2,2-4H3,(H,31,36)(H,30,32,33). The lowest BCUT2D eigenvalue weighted by molar-refractivity contribution is -0.111. The average molecular weight is 533 g/mol. The van der Waals surface area contributed by atoms with E-state index in [1.54, 1.807) is 25.4 Å². The molecule has 0 spiro atoms. The molecular weight excluding hydrogens is 504 g/mol. The lowest BCUT2D eigenvalue weighted by Gasteiger charge is -2.20. The van der Waals surface area contributed by atoms with Crippen molar-refractivity contribution >= 4 is 45.7 Å². The Kier molecular flexibility index (Phi) is 7.22. The number of likely N-dealkylation sites (N-methyl/N-ethyl adjacent to an activating group) is 1. The van der Waals surface area contributed by atoms with Crippen LogP contribution in [0.25, 0.3) is 22.2 Å². The van der Waals surface area contributed by atoms with Crippen LogP contribution in [0, 0.1) is 0 Å². The number of likely N-dealkylation sites (tertiary alicyclic amines) is 1. The maximum absolute atomic E-state index is 12.2. The summed E-state index contributed by atoms with van der Waals surface area (Å²) in [7, 11) is 5.60. The molecule has 1 unspecified atom stereocenters. The van der Waals surface area contributed by atoms with Gasteiger partial charge in [0.1, 0.15) is 17.6 Å². The molecule has 1 atom stereocenters. The molecule has 0 radical (unpaired) electrons. The topological polar surface area (TPSA) is 93.5 Å². The van der Waals surface area contributed by atoms with Crippen LogP contribution in [-0.2, 0) is 11.8 Å². The molecule has 1 saturated heterocycles. The molecule has 1 aliphatic heterocycles. The molecule has 2 aromatic carbocycles. The van der Waals surface area contributed by atoms with Crippen LogP contribution in [0.3, 0.4) is 0 Å². The van der Waals surface area contributed by atoms with E-state index in [2.05, 4.69) is 34.1 Å². The highest BCUT2D eigenvalue weighted by molar-refractivity contribution is 6.33. The summed E-state index contributed by atoms with van der Waals surface area (Å²) < 4.78 is 14.0. The van der Waals surface area contributed by atoms with Crippen LogP contribution < -0.4 is 20.1 Å². The first-order valence-electron chi connectivity index (χ1n) is 12.2. The molecule has 4 aromatic rings. The lowest BCUT2D eigenvalue weighted by Crippen LogP contribution is -2.22. The van der Waals surface area contributed by atoms with Crippen LogP contribution in [0.2, 0.25) is 5.02 Å². The van der Waals surface area contributed by atoms with E-state index in [-0.39, 0.29) is 12.0 Å². The number of rotatable bonds is 8. The van der Waals surface area contributed by atoms with E-state index >= 15 is 0 Å². The minimum atomic E-state index is -0.351. The van der Waals surface area contributed by atoms with Gasteiger partial charge in [0.25, 0.3) is 0 Å². The smallest absolute Gasteiger partial charge is 0.247 e. The molecule has 1 aliphatic rings. The summed E-state index contributed by atoms with van der Waals surface area (Å²) in [6.07, 6.45) is 5.67. The SMILES string of the molecule is C=CC(=O)Nc1cc(Nc2ncc(Cl)c(-c3cn(C)c4ccccc34)n2)c(OC)cc1OC1CCN(C)C1. The molecule has 10 heteroatoms. The first-order chi connectivity index (χ1) is 18.4. The van der Waals surface area contributed by atoms with Crippen molar-refractivity contribution in [2.75, 3.05) is 37.9 Å². The molecule has 2 N–H and O–H groups in total. The third-order valence-corrected chi connectivity index (χ3v) is 6.81. The molecular formula is C28H29ClN6O3. The Balaban J connectivity index is 1.51. The molecule has 38 heavy (non-hydrogen) atoms. The number of ether oxygens (including phenoxy) is 2. The number of para-hydroxylation sites is 1. The molecule has 5 rings (SSSR count). The van der Waals surface area contributed by atoms with Gasteiger partial charge in [0.2, 0.25) is 11.9 Å². The van der Waals surface area contributed by atoms with Crippen molar-refractivity contribution in [1.82, 2.24) is 19.4 Å². The number of fused-ring (bicyclic) bond motifs is 1. The number of anilines is 3. The van der Waals surface area contributed by atoms with Gasteiger partial charge < -0.3 is 29.6 Å². The Bertz CT molecular complexity index is 1520. The normalized spacial score (nSPS) is 15.4. The van der Waals surface area contributed by atoms with Gasteiger partial charge >= 0.3 is 0 Å². The second-order valence-electron chi connectivity index (χ2n) is 9.22. The van der Waals surface area contributed by atoms with Gasteiger partial charge in [0, 0.05) is 48.9 Å². The Hall–Kier alpha value is -4.08. The van der Waals surface area contributed by atoms with Crippen LogP contribution in [0.15, 0.2) is 61.4 Å². The minimum Gasteiger partial charge on any atom is -0.494 e. The zero-order valence-corrected chi connectivity index (χ0v) is 22.2. The van der Waals surface area contributed by atoms with Crippen molar-refractivity contribution in [3.05, 3.63) is 66.5 Å². The summed E-state index contributed by atoms with van der Waals surface area (Å²) in [6.45, 7) is 5.31. The fraction of sp³-hybridized carbons (Fsp3) is 0.250. The maximum Gasteiger partial charge on any atom is 0.247 e. The number of aromatic nitrogens is 3. The summed E-state index contributed by atoms with van der Waals surface area (Å²) in [6, 6.07) is 11.6. The van der Waals surface area contributed by atoms with Gasteiger partial charge in [-0.3, -0.25) is 4.79 Å². The Morgan fingerprint density at radius 2 is 2.03 bits per heavy atom. The fourth-order valence-corrected chi connectivity index (χ4v) is 4.84. The second-order valence-corrected chi connectivity index (χ2v) is 9.63. The van der Waals surface area contributed by atoms with Crippen LogP contribution in [-0.4, -0.2) is 58.7 Å². The Labute approximate surface area is 226 Å². The quantitative estimate of drug-likeness (QED) is 0.299. The summed E-state index contributed by atoms with van der Waals surface area (Å²) in [4.78, 5) is 23.5. The van der Waals surface area contributed by atoms with E-state index < -0.39 is 0 Å². The largest absolute Gasteiger partial charge is 0.494 e. The third kappa shape index (κ3) is 5.16. The summed E-state index contributed by atoms with van der Waals surface area (Å²) in [5.74, 6) is 0.989. The lowest BCUT2D eigenvalue weighted by atomic mass is 10.1. The number of methoxy groups -OCH3 is 1. The molecule has 9 nitrogen and oxygen atoms in total. The molecule has 0 bridgehead atoms. The highest BCUT2D eigenvalue weighted by Crippen LogP contribution is 2.40. The number of nitrogens with zero attached hydrogens (tertiary/aromatic N) is 4. The molecule has 196 valence electrons. The van der Waals surface area contributed by atoms with Crippen LogP contribution >= 0.6 is 11.6 Å². The number of carbonyl (C=O) groups is 1. The summed E-state index contributed by atoms with van der Waals surface area (Å²) in [5.41, 5.74) is 3.60. The highest BCUT2D eigenvalue weighted by atomic mass is 35.5. The van der Waals surface area contributed by atoms with Gasteiger partial charge in [0.15, 0.2) is 0 Å². The first-order valence-corrected chi connectivity index (χ1v) is 12.6. The van der Waals surface area contributed by atoms with Crippen molar-refractivity contribution < 1.29 is 14.3 Å². The van der Waals surface area contributed by atoms with E-state index in [1.807, 2.05) is 42.1 Å². The van der Waals surface area contributed by atoms with Crippen LogP contribution in [0.4, 0.5) is 17.3 Å². The number of nitrogens with one attached hydrogen (secondary N) is 2. The van der Waals surface area contributed by atoms with Crippen LogP contribution in [0.5, 0.6) is 11.5 Å². The fourth-order valence-electron chi connectivity index (χ4n) is 4.64. The van der Waals surface area contributed by atoms with Gasteiger partial charge in [-0.25, -0.2) is 9.97 Å².